The molecule has 4 N–H and O–H groups in total. The molecule has 0 bridgehead atoms. The van der Waals surface area contributed by atoms with Gasteiger partial charge in [0.05, 0.1) is 0 Å². The van der Waals surface area contributed by atoms with E-state index < -0.39 is 11.9 Å². The zero-order valence-electron chi connectivity index (χ0n) is 19.1. The van der Waals surface area contributed by atoms with E-state index in [2.05, 4.69) is 28.2 Å². The van der Waals surface area contributed by atoms with E-state index >= 15 is 0 Å². The van der Waals surface area contributed by atoms with Crippen molar-refractivity contribution in [3.63, 3.8) is 0 Å². The molecule has 4 rings (SSSR count). The van der Waals surface area contributed by atoms with Gasteiger partial charge < -0.3 is 20.5 Å². The number of aliphatic carboxylic acids is 2. The fourth-order valence-electron chi connectivity index (χ4n) is 3.65. The number of rotatable bonds is 6. The fourth-order valence-corrected chi connectivity index (χ4v) is 3.65. The van der Waals surface area contributed by atoms with E-state index in [1.54, 1.807) is 0 Å². The van der Waals surface area contributed by atoms with Gasteiger partial charge in [0.15, 0.2) is 0 Å². The predicted octanol–water partition coefficient (Wildman–Crippen LogP) is 4.38. The zero-order chi connectivity index (χ0) is 25.4. The lowest BCUT2D eigenvalue weighted by atomic mass is 9.98. The number of anilines is 1. The van der Waals surface area contributed by atoms with E-state index in [1.165, 1.54) is 35.4 Å². The Morgan fingerprint density at radius 1 is 1.09 bits per heavy atom. The molecule has 0 saturated heterocycles. The molecule has 1 aliphatic heterocycles. The van der Waals surface area contributed by atoms with Gasteiger partial charge in [-0.3, -0.25) is 9.69 Å². The number of carbonyl (C=O) groups is 3. The minimum atomic E-state index is -1.26. The van der Waals surface area contributed by atoms with Gasteiger partial charge in [0, 0.05) is 59.2 Å². The first-order valence-electron chi connectivity index (χ1n) is 11.0. The van der Waals surface area contributed by atoms with Crippen LogP contribution in [-0.2, 0) is 9.59 Å². The summed E-state index contributed by atoms with van der Waals surface area (Å²) in [4.78, 5) is 37.2. The van der Waals surface area contributed by atoms with E-state index in [9.17, 15) is 18.8 Å². The van der Waals surface area contributed by atoms with Crippen molar-refractivity contribution in [1.29, 1.82) is 0 Å². The Labute approximate surface area is 201 Å². The molecule has 0 radical (unpaired) electrons. The van der Waals surface area contributed by atoms with Crippen molar-refractivity contribution in [1.82, 2.24) is 9.88 Å². The Morgan fingerprint density at radius 2 is 1.77 bits per heavy atom. The number of nitrogens with zero attached hydrogens (tertiary/aromatic N) is 1. The molecule has 35 heavy (non-hydrogen) atoms. The maximum Gasteiger partial charge on any atom is 0.328 e. The molecule has 0 atom stereocenters. The smallest absolute Gasteiger partial charge is 0.328 e. The fraction of sp³-hybridized carbons (Fsp3) is 0.192. The summed E-state index contributed by atoms with van der Waals surface area (Å²) >= 11 is 0. The second-order valence-corrected chi connectivity index (χ2v) is 7.81. The lowest BCUT2D eigenvalue weighted by molar-refractivity contribution is -0.134. The van der Waals surface area contributed by atoms with Crippen LogP contribution >= 0.6 is 0 Å². The molecule has 0 saturated carbocycles. The lowest BCUT2D eigenvalue weighted by Gasteiger charge is -2.24. The topological polar surface area (TPSA) is 123 Å². The molecular weight excluding hydrogens is 453 g/mol. The maximum absolute atomic E-state index is 13.0. The quantitative estimate of drug-likeness (QED) is 0.389. The summed E-state index contributed by atoms with van der Waals surface area (Å²) in [5.41, 5.74) is 4.74. The molecule has 9 heteroatoms. The van der Waals surface area contributed by atoms with Crippen LogP contribution in [0.5, 0.6) is 0 Å². The number of carboxylic acid groups (broad SMARTS) is 2. The Morgan fingerprint density at radius 3 is 2.34 bits per heavy atom. The van der Waals surface area contributed by atoms with E-state index in [-0.39, 0.29) is 11.7 Å². The van der Waals surface area contributed by atoms with E-state index in [0.29, 0.717) is 17.7 Å². The molecule has 1 amide bonds. The highest BCUT2D eigenvalue weighted by atomic mass is 19.1. The molecular formula is C26H26FN3O5. The number of aromatic nitrogens is 1. The number of aromatic amines is 1. The summed E-state index contributed by atoms with van der Waals surface area (Å²) in [6.07, 6.45) is 6.47. The lowest BCUT2D eigenvalue weighted by Crippen LogP contribution is -2.27. The standard InChI is InChI=1S/C22H22FN3O.C4H4O4/c1-2-26-11-9-15(10-12-26)20-14-24-21-8-7-18(13-19(20)21)25-22(27)16-3-5-17(23)6-4-16;5-3(6)1-2-4(7)8/h3-9,13-14,24H,2,10-12H2,1H3,(H,25,27);1-2H,(H,5,6)(H,7,8). The predicted molar refractivity (Wildman–Crippen MR) is 132 cm³/mol. The molecule has 2 aromatic carbocycles. The number of H-pyrrole nitrogens is 1. The number of hydrogen-bond acceptors (Lipinski definition) is 4. The molecule has 1 aromatic heterocycles. The molecule has 3 aromatic rings. The molecule has 0 fully saturated rings. The van der Waals surface area contributed by atoms with Crippen molar-refractivity contribution < 1.29 is 29.0 Å². The van der Waals surface area contributed by atoms with Crippen LogP contribution < -0.4 is 5.32 Å². The third-order valence-electron chi connectivity index (χ3n) is 5.50. The highest BCUT2D eigenvalue weighted by Gasteiger charge is 2.15. The van der Waals surface area contributed by atoms with Crippen molar-refractivity contribution in [3.05, 3.63) is 83.8 Å². The molecule has 0 spiro atoms. The molecule has 1 aliphatic rings. The van der Waals surface area contributed by atoms with Gasteiger partial charge in [0.1, 0.15) is 5.82 Å². The number of nitrogens with one attached hydrogen (secondary N) is 2. The van der Waals surface area contributed by atoms with Crippen LogP contribution in [0, 0.1) is 5.82 Å². The van der Waals surface area contributed by atoms with Crippen molar-refractivity contribution in [2.24, 2.45) is 0 Å². The third-order valence-corrected chi connectivity index (χ3v) is 5.50. The second-order valence-electron chi connectivity index (χ2n) is 7.81. The SMILES string of the molecule is CCN1CC=C(c2c[nH]c3ccc(NC(=O)c4ccc(F)cc4)cc23)CC1.O=C(O)C=CC(=O)O. The van der Waals surface area contributed by atoms with Gasteiger partial charge in [-0.2, -0.15) is 0 Å². The second kappa shape index (κ2) is 11.8. The Kier molecular flexibility index (Phi) is 8.53. The van der Waals surface area contributed by atoms with Gasteiger partial charge in [-0.15, -0.1) is 0 Å². The summed E-state index contributed by atoms with van der Waals surface area (Å²) in [5.74, 6) is -3.12. The average molecular weight is 480 g/mol. The number of carboxylic acids is 2. The minimum absolute atomic E-state index is 0.248. The monoisotopic (exact) mass is 479 g/mol. The van der Waals surface area contributed by atoms with E-state index in [0.717, 1.165) is 42.6 Å². The first kappa shape index (κ1) is 25.4. The van der Waals surface area contributed by atoms with Gasteiger partial charge in [-0.05, 0) is 61.0 Å². The van der Waals surface area contributed by atoms with Gasteiger partial charge in [0.25, 0.3) is 5.91 Å². The first-order valence-corrected chi connectivity index (χ1v) is 11.0. The highest BCUT2D eigenvalue weighted by molar-refractivity contribution is 6.05. The highest BCUT2D eigenvalue weighted by Crippen LogP contribution is 2.31. The third kappa shape index (κ3) is 7.12. The summed E-state index contributed by atoms with van der Waals surface area (Å²) in [6, 6.07) is 11.4. The molecule has 2 heterocycles. The van der Waals surface area contributed by atoms with Crippen LogP contribution in [0.2, 0.25) is 0 Å². The van der Waals surface area contributed by atoms with Crippen molar-refractivity contribution in [2.45, 2.75) is 13.3 Å². The zero-order valence-corrected chi connectivity index (χ0v) is 19.1. The summed E-state index contributed by atoms with van der Waals surface area (Å²) < 4.78 is 13.0. The van der Waals surface area contributed by atoms with Crippen LogP contribution in [-0.4, -0.2) is 57.6 Å². The summed E-state index contributed by atoms with van der Waals surface area (Å²) in [6.45, 7) is 5.29. The Hall–Kier alpha value is -4.24. The first-order chi connectivity index (χ1) is 16.8. The van der Waals surface area contributed by atoms with Crippen LogP contribution in [0.4, 0.5) is 10.1 Å². The van der Waals surface area contributed by atoms with Gasteiger partial charge in [-0.25, -0.2) is 14.0 Å². The number of hydrogen-bond donors (Lipinski definition) is 4. The number of amides is 1. The molecule has 0 aliphatic carbocycles. The normalized spacial score (nSPS) is 13.7. The van der Waals surface area contributed by atoms with Gasteiger partial charge >= 0.3 is 11.9 Å². The number of likely N-dealkylation sites (N-methyl/N-ethyl adjacent to an activating group) is 1. The maximum atomic E-state index is 13.0. The summed E-state index contributed by atoms with van der Waals surface area (Å²) in [5, 5.41) is 19.6. The average Bonchev–Trinajstić information content (AvgIpc) is 3.27. The number of carbonyl (C=O) groups excluding carboxylic acids is 1. The summed E-state index contributed by atoms with van der Waals surface area (Å²) in [7, 11) is 0. The van der Waals surface area contributed by atoms with Crippen LogP contribution in [0.3, 0.4) is 0 Å². The minimum Gasteiger partial charge on any atom is -0.478 e. The van der Waals surface area contributed by atoms with Crippen LogP contribution in [0.25, 0.3) is 16.5 Å². The van der Waals surface area contributed by atoms with Crippen molar-refractivity contribution in [3.8, 4) is 0 Å². The number of halogens is 1. The van der Waals surface area contributed by atoms with Gasteiger partial charge in [-0.1, -0.05) is 13.0 Å². The van der Waals surface area contributed by atoms with E-state index in [4.69, 9.17) is 10.2 Å². The van der Waals surface area contributed by atoms with E-state index in [1.807, 2.05) is 24.4 Å². The van der Waals surface area contributed by atoms with Crippen molar-refractivity contribution >= 4 is 40.0 Å². The van der Waals surface area contributed by atoms with Crippen LogP contribution in [0.15, 0.2) is 66.9 Å². The Bertz CT molecular complexity index is 1260. The molecule has 182 valence electrons. The van der Waals surface area contributed by atoms with Crippen LogP contribution in [0.1, 0.15) is 29.3 Å². The number of fused-ring (bicyclic) bond motifs is 1. The Balaban J connectivity index is 0.000000371. The van der Waals surface area contributed by atoms with Crippen molar-refractivity contribution in [2.75, 3.05) is 25.0 Å². The van der Waals surface area contributed by atoms with Gasteiger partial charge in [0.2, 0.25) is 0 Å². The molecule has 0 unspecified atom stereocenters. The number of benzene rings is 2. The largest absolute Gasteiger partial charge is 0.478 e. The molecule has 8 nitrogen and oxygen atoms in total.